The number of carbonyl (C=O) groups is 1. The molecule has 0 aliphatic carbocycles. The average Bonchev–Trinajstić information content (AvgIpc) is 3.12. The molecule has 0 saturated heterocycles. The summed E-state index contributed by atoms with van der Waals surface area (Å²) in [5.41, 5.74) is 6.46. The molecule has 1 amide bonds. The maximum Gasteiger partial charge on any atom is 0.254 e. The van der Waals surface area contributed by atoms with Crippen molar-refractivity contribution >= 4 is 28.4 Å². The van der Waals surface area contributed by atoms with Crippen molar-refractivity contribution in [3.05, 3.63) is 106 Å². The number of benzene rings is 3. The minimum Gasteiger partial charge on any atom is -0.356 e. The van der Waals surface area contributed by atoms with Crippen LogP contribution in [0, 0.1) is 6.92 Å². The minimum absolute atomic E-state index is 0.00220. The Bertz CT molecular complexity index is 1210. The number of para-hydroxylation sites is 1. The molecule has 3 aromatic carbocycles. The fraction of sp³-hybridized carbons (Fsp3) is 0.160. The van der Waals surface area contributed by atoms with Gasteiger partial charge >= 0.3 is 0 Å². The molecule has 1 aromatic heterocycles. The Labute approximate surface area is 174 Å². The van der Waals surface area contributed by atoms with Crippen LogP contribution in [0.2, 0.25) is 5.02 Å². The number of aromatic nitrogens is 1. The lowest BCUT2D eigenvalue weighted by Gasteiger charge is -2.36. The molecule has 0 bridgehead atoms. The van der Waals surface area contributed by atoms with Crippen LogP contribution in [0.3, 0.4) is 0 Å². The van der Waals surface area contributed by atoms with Gasteiger partial charge in [0.1, 0.15) is 0 Å². The second-order valence-corrected chi connectivity index (χ2v) is 8.07. The van der Waals surface area contributed by atoms with Crippen LogP contribution in [0.25, 0.3) is 10.9 Å². The Morgan fingerprint density at radius 1 is 1.03 bits per heavy atom. The van der Waals surface area contributed by atoms with Crippen LogP contribution in [0.15, 0.2) is 72.8 Å². The highest BCUT2D eigenvalue weighted by atomic mass is 35.5. The van der Waals surface area contributed by atoms with E-state index in [-0.39, 0.29) is 11.9 Å². The van der Waals surface area contributed by atoms with E-state index in [2.05, 4.69) is 54.4 Å². The van der Waals surface area contributed by atoms with Crippen molar-refractivity contribution in [2.75, 3.05) is 6.54 Å². The smallest absolute Gasteiger partial charge is 0.254 e. The molecule has 144 valence electrons. The maximum atomic E-state index is 13.5. The summed E-state index contributed by atoms with van der Waals surface area (Å²) in [6.45, 7) is 2.74. The normalized spacial score (nSPS) is 16.1. The molecule has 4 aromatic rings. The lowest BCUT2D eigenvalue weighted by Crippen LogP contribution is -2.40. The number of amides is 1. The van der Waals surface area contributed by atoms with E-state index in [4.69, 9.17) is 11.6 Å². The quantitative estimate of drug-likeness (QED) is 0.445. The van der Waals surface area contributed by atoms with E-state index in [9.17, 15) is 4.79 Å². The third-order valence-corrected chi connectivity index (χ3v) is 6.00. The van der Waals surface area contributed by atoms with E-state index >= 15 is 0 Å². The molecule has 1 aliphatic heterocycles. The monoisotopic (exact) mass is 400 g/mol. The third-order valence-electron chi connectivity index (χ3n) is 5.76. The first kappa shape index (κ1) is 18.0. The van der Waals surface area contributed by atoms with Crippen LogP contribution in [0.1, 0.15) is 38.8 Å². The highest BCUT2D eigenvalue weighted by Gasteiger charge is 2.34. The lowest BCUT2D eigenvalue weighted by molar-refractivity contribution is 0.0692. The zero-order chi connectivity index (χ0) is 20.0. The first-order valence-electron chi connectivity index (χ1n) is 9.84. The van der Waals surface area contributed by atoms with E-state index in [0.29, 0.717) is 17.1 Å². The van der Waals surface area contributed by atoms with Gasteiger partial charge < -0.3 is 9.88 Å². The molecule has 29 heavy (non-hydrogen) atoms. The van der Waals surface area contributed by atoms with Crippen molar-refractivity contribution in [3.8, 4) is 0 Å². The standard InChI is InChI=1S/C25H21ClN2O/c1-16-9-11-17(12-10-16)24-23-21(20-7-2-3-8-22(20)27-23)13-14-28(24)25(29)18-5-4-6-19(26)15-18/h2-12,15,24,27H,13-14H2,1H3/t24-/m0/s1. The summed E-state index contributed by atoms with van der Waals surface area (Å²) in [6.07, 6.45) is 0.827. The van der Waals surface area contributed by atoms with Crippen LogP contribution >= 0.6 is 11.6 Å². The maximum absolute atomic E-state index is 13.5. The fourth-order valence-corrected chi connectivity index (χ4v) is 4.53. The van der Waals surface area contributed by atoms with E-state index < -0.39 is 0 Å². The van der Waals surface area contributed by atoms with Gasteiger partial charge in [0.2, 0.25) is 0 Å². The summed E-state index contributed by atoms with van der Waals surface area (Å²) in [4.78, 5) is 19.1. The Morgan fingerprint density at radius 2 is 1.83 bits per heavy atom. The number of aryl methyl sites for hydroxylation is 1. The first-order valence-corrected chi connectivity index (χ1v) is 10.2. The Kier molecular flexibility index (Phi) is 4.40. The number of aromatic amines is 1. The number of nitrogens with one attached hydrogen (secondary N) is 1. The van der Waals surface area contributed by atoms with E-state index in [1.54, 1.807) is 12.1 Å². The Morgan fingerprint density at radius 3 is 2.62 bits per heavy atom. The predicted molar refractivity (Wildman–Crippen MR) is 118 cm³/mol. The molecule has 0 radical (unpaired) electrons. The molecule has 1 N–H and O–H groups in total. The van der Waals surface area contributed by atoms with Gasteiger partial charge in [-0.25, -0.2) is 0 Å². The number of nitrogens with zero attached hydrogens (tertiary/aromatic N) is 1. The van der Waals surface area contributed by atoms with Crippen molar-refractivity contribution in [2.24, 2.45) is 0 Å². The molecule has 1 aliphatic rings. The van der Waals surface area contributed by atoms with Gasteiger partial charge in [0.25, 0.3) is 5.91 Å². The highest BCUT2D eigenvalue weighted by Crippen LogP contribution is 2.39. The molecule has 0 fully saturated rings. The highest BCUT2D eigenvalue weighted by molar-refractivity contribution is 6.31. The average molecular weight is 401 g/mol. The Balaban J connectivity index is 1.66. The second kappa shape index (κ2) is 7.09. The molecule has 0 saturated carbocycles. The summed E-state index contributed by atoms with van der Waals surface area (Å²) in [7, 11) is 0. The van der Waals surface area contributed by atoms with Crippen LogP contribution in [-0.4, -0.2) is 22.3 Å². The number of rotatable bonds is 2. The molecule has 1 atom stereocenters. The van der Waals surface area contributed by atoms with E-state index in [1.165, 1.54) is 16.5 Å². The predicted octanol–water partition coefficient (Wildman–Crippen LogP) is 5.92. The van der Waals surface area contributed by atoms with E-state index in [1.807, 2.05) is 23.1 Å². The van der Waals surface area contributed by atoms with Gasteiger partial charge in [0.05, 0.1) is 6.04 Å². The first-order chi connectivity index (χ1) is 14.1. The summed E-state index contributed by atoms with van der Waals surface area (Å²) in [5, 5.41) is 1.82. The zero-order valence-electron chi connectivity index (χ0n) is 16.2. The zero-order valence-corrected chi connectivity index (χ0v) is 16.9. The number of fused-ring (bicyclic) bond motifs is 3. The van der Waals surface area contributed by atoms with Crippen LogP contribution in [-0.2, 0) is 6.42 Å². The van der Waals surface area contributed by atoms with Crippen molar-refractivity contribution in [1.82, 2.24) is 9.88 Å². The summed E-state index contributed by atoms with van der Waals surface area (Å²) in [5.74, 6) is 0.00220. The van der Waals surface area contributed by atoms with Gasteiger partial charge in [0, 0.05) is 33.7 Å². The number of carbonyl (C=O) groups excluding carboxylic acids is 1. The largest absolute Gasteiger partial charge is 0.356 e. The molecule has 0 spiro atoms. The van der Waals surface area contributed by atoms with E-state index in [0.717, 1.165) is 23.2 Å². The lowest BCUT2D eigenvalue weighted by atomic mass is 9.91. The topological polar surface area (TPSA) is 36.1 Å². The van der Waals surface area contributed by atoms with Gasteiger partial charge in [-0.05, 0) is 48.7 Å². The minimum atomic E-state index is -0.154. The summed E-state index contributed by atoms with van der Waals surface area (Å²) < 4.78 is 0. The SMILES string of the molecule is Cc1ccc([C@H]2c3[nH]c4ccccc4c3CCN2C(=O)c2cccc(Cl)c2)cc1. The van der Waals surface area contributed by atoms with Crippen molar-refractivity contribution < 1.29 is 4.79 Å². The molecule has 2 heterocycles. The van der Waals surface area contributed by atoms with Crippen molar-refractivity contribution in [3.63, 3.8) is 0 Å². The molecule has 3 nitrogen and oxygen atoms in total. The Hall–Kier alpha value is -3.04. The van der Waals surface area contributed by atoms with Gasteiger partial charge in [-0.3, -0.25) is 4.79 Å². The van der Waals surface area contributed by atoms with Crippen molar-refractivity contribution in [1.29, 1.82) is 0 Å². The van der Waals surface area contributed by atoms with Gasteiger partial charge in [-0.1, -0.05) is 65.7 Å². The van der Waals surface area contributed by atoms with Gasteiger partial charge in [0.15, 0.2) is 0 Å². The van der Waals surface area contributed by atoms with Gasteiger partial charge in [-0.15, -0.1) is 0 Å². The molecular formula is C25H21ClN2O. The van der Waals surface area contributed by atoms with Crippen molar-refractivity contribution in [2.45, 2.75) is 19.4 Å². The molecular weight excluding hydrogens is 380 g/mol. The number of halogens is 1. The van der Waals surface area contributed by atoms with Crippen LogP contribution < -0.4 is 0 Å². The molecule has 5 rings (SSSR count). The molecule has 0 unspecified atom stereocenters. The fourth-order valence-electron chi connectivity index (χ4n) is 4.34. The second-order valence-electron chi connectivity index (χ2n) is 7.63. The molecule has 4 heteroatoms. The third kappa shape index (κ3) is 3.12. The van der Waals surface area contributed by atoms with Crippen LogP contribution in [0.5, 0.6) is 0 Å². The number of hydrogen-bond donors (Lipinski definition) is 1. The van der Waals surface area contributed by atoms with Crippen LogP contribution in [0.4, 0.5) is 0 Å². The number of hydrogen-bond acceptors (Lipinski definition) is 1. The summed E-state index contributed by atoms with van der Waals surface area (Å²) in [6, 6.07) is 23.9. The number of H-pyrrole nitrogens is 1. The van der Waals surface area contributed by atoms with Gasteiger partial charge in [-0.2, -0.15) is 0 Å². The summed E-state index contributed by atoms with van der Waals surface area (Å²) >= 11 is 6.16.